The molecule has 0 aromatic heterocycles. The van der Waals surface area contributed by atoms with E-state index in [1.807, 2.05) is 0 Å². The van der Waals surface area contributed by atoms with Crippen LogP contribution >= 0.6 is 0 Å². The summed E-state index contributed by atoms with van der Waals surface area (Å²) in [7, 11) is 0. The molecule has 0 saturated carbocycles. The monoisotopic (exact) mass is 583 g/mol. The Morgan fingerprint density at radius 1 is 0.825 bits per heavy atom. The number of rotatable bonds is 9. The number of carboxylic acids is 1. The average Bonchev–Trinajstić information content (AvgIpc) is 2.82. The van der Waals surface area contributed by atoms with Gasteiger partial charge in [0, 0.05) is 11.6 Å². The average molecular weight is 583 g/mol. The fourth-order valence-corrected chi connectivity index (χ4v) is 3.74. The van der Waals surface area contributed by atoms with Gasteiger partial charge in [-0.3, -0.25) is 9.59 Å². The van der Waals surface area contributed by atoms with Gasteiger partial charge in [0.25, 0.3) is 5.91 Å². The smallest absolute Gasteiger partial charge is 0.461 e. The molecular formula is C25H15F10NO4. The van der Waals surface area contributed by atoms with Crippen LogP contribution < -0.4 is 10.1 Å². The highest BCUT2D eigenvalue weighted by atomic mass is 19.4. The Balaban J connectivity index is 2.25. The zero-order valence-corrected chi connectivity index (χ0v) is 19.5. The first-order chi connectivity index (χ1) is 18.4. The zero-order chi connectivity index (χ0) is 30.0. The summed E-state index contributed by atoms with van der Waals surface area (Å²) in [5.41, 5.74) is -6.33. The predicted octanol–water partition coefficient (Wildman–Crippen LogP) is 6.51. The molecule has 0 aliphatic rings. The summed E-state index contributed by atoms with van der Waals surface area (Å²) < 4.78 is 138. The number of hydrogen-bond donors (Lipinski definition) is 2. The fourth-order valence-electron chi connectivity index (χ4n) is 3.74. The van der Waals surface area contributed by atoms with Crippen LogP contribution in [0.2, 0.25) is 0 Å². The summed E-state index contributed by atoms with van der Waals surface area (Å²) in [5, 5.41) is 11.7. The van der Waals surface area contributed by atoms with Crippen molar-refractivity contribution in [2.75, 3.05) is 0 Å². The first kappa shape index (κ1) is 30.2. The molecule has 0 spiro atoms. The van der Waals surface area contributed by atoms with Crippen LogP contribution in [-0.4, -0.2) is 29.5 Å². The number of aliphatic carboxylic acids is 1. The topological polar surface area (TPSA) is 75.6 Å². The third-order valence-electron chi connectivity index (χ3n) is 5.49. The van der Waals surface area contributed by atoms with Gasteiger partial charge in [0.1, 0.15) is 28.7 Å². The second-order valence-electron chi connectivity index (χ2n) is 8.27. The van der Waals surface area contributed by atoms with E-state index in [-0.39, 0.29) is 17.7 Å². The Bertz CT molecular complexity index is 1410. The summed E-state index contributed by atoms with van der Waals surface area (Å²) in [6.07, 6.45) is -16.0. The van der Waals surface area contributed by atoms with E-state index in [1.165, 1.54) is 0 Å². The van der Waals surface area contributed by atoms with E-state index in [2.05, 4.69) is 10.1 Å². The van der Waals surface area contributed by atoms with Crippen LogP contribution in [0.25, 0.3) is 0 Å². The van der Waals surface area contributed by atoms with Gasteiger partial charge in [-0.25, -0.2) is 13.2 Å². The number of hydrogen-bond acceptors (Lipinski definition) is 3. The molecule has 0 aliphatic carbocycles. The van der Waals surface area contributed by atoms with E-state index in [9.17, 15) is 58.6 Å². The van der Waals surface area contributed by atoms with Gasteiger partial charge in [-0.15, -0.1) is 0 Å². The molecule has 0 saturated heterocycles. The first-order valence-electron chi connectivity index (χ1n) is 10.8. The maximum Gasteiger partial charge on any atom is 0.461 e. The lowest BCUT2D eigenvalue weighted by molar-refractivity contribution is -0.253. The number of amides is 1. The van der Waals surface area contributed by atoms with Crippen molar-refractivity contribution in [3.05, 3.63) is 100 Å². The quantitative estimate of drug-likeness (QED) is 0.282. The molecule has 5 nitrogen and oxygen atoms in total. The minimum absolute atomic E-state index is 0.101. The molecular weight excluding hydrogens is 568 g/mol. The summed E-state index contributed by atoms with van der Waals surface area (Å²) in [4.78, 5) is 25.0. The predicted molar refractivity (Wildman–Crippen MR) is 116 cm³/mol. The molecule has 40 heavy (non-hydrogen) atoms. The highest BCUT2D eigenvalue weighted by molar-refractivity contribution is 5.95. The van der Waals surface area contributed by atoms with E-state index in [0.717, 1.165) is 24.3 Å². The van der Waals surface area contributed by atoms with E-state index < -0.39 is 82.4 Å². The number of alkyl halides is 7. The van der Waals surface area contributed by atoms with Crippen molar-refractivity contribution < 1.29 is 63.3 Å². The van der Waals surface area contributed by atoms with Gasteiger partial charge in [0.2, 0.25) is 0 Å². The highest BCUT2D eigenvalue weighted by Crippen LogP contribution is 2.38. The third-order valence-corrected chi connectivity index (χ3v) is 5.49. The van der Waals surface area contributed by atoms with Gasteiger partial charge in [-0.1, -0.05) is 12.1 Å². The van der Waals surface area contributed by atoms with Crippen molar-refractivity contribution in [3.63, 3.8) is 0 Å². The van der Waals surface area contributed by atoms with Gasteiger partial charge < -0.3 is 15.2 Å². The first-order valence-corrected chi connectivity index (χ1v) is 10.8. The van der Waals surface area contributed by atoms with Crippen molar-refractivity contribution in [2.45, 2.75) is 30.7 Å². The molecule has 0 unspecified atom stereocenters. The molecule has 0 radical (unpaired) electrons. The van der Waals surface area contributed by atoms with Crippen LogP contribution in [0, 0.1) is 17.5 Å². The zero-order valence-electron chi connectivity index (χ0n) is 19.5. The number of ether oxygens (including phenoxy) is 1. The van der Waals surface area contributed by atoms with Crippen molar-refractivity contribution in [1.82, 2.24) is 5.32 Å². The number of carboxylic acid groups (broad SMARTS) is 1. The Morgan fingerprint density at radius 3 is 2.00 bits per heavy atom. The molecule has 0 heterocycles. The molecule has 3 rings (SSSR count). The van der Waals surface area contributed by atoms with Crippen molar-refractivity contribution in [2.24, 2.45) is 0 Å². The Kier molecular flexibility index (Phi) is 8.36. The summed E-state index contributed by atoms with van der Waals surface area (Å²) in [5.74, 6) is -8.54. The fraction of sp³-hybridized carbons (Fsp3) is 0.200. The maximum absolute atomic E-state index is 14.5. The molecule has 0 bridgehead atoms. The van der Waals surface area contributed by atoms with Crippen molar-refractivity contribution >= 4 is 11.9 Å². The lowest BCUT2D eigenvalue weighted by Crippen LogP contribution is -2.48. The van der Waals surface area contributed by atoms with Crippen LogP contribution in [0.4, 0.5) is 43.9 Å². The van der Waals surface area contributed by atoms with Crippen LogP contribution in [0.15, 0.2) is 60.7 Å². The largest absolute Gasteiger partial charge is 0.481 e. The van der Waals surface area contributed by atoms with Gasteiger partial charge in [0.05, 0.1) is 12.0 Å². The molecule has 2 N–H and O–H groups in total. The minimum Gasteiger partial charge on any atom is -0.481 e. The molecule has 15 heteroatoms. The molecule has 1 atom stereocenters. The van der Waals surface area contributed by atoms with E-state index in [0.29, 0.717) is 24.3 Å². The van der Waals surface area contributed by atoms with E-state index in [4.69, 9.17) is 0 Å². The normalized spacial score (nSPS) is 13.6. The summed E-state index contributed by atoms with van der Waals surface area (Å²) >= 11 is 0. The minimum atomic E-state index is -5.25. The van der Waals surface area contributed by atoms with Gasteiger partial charge in [-0.05, 0) is 53.6 Å². The lowest BCUT2D eigenvalue weighted by atomic mass is 9.79. The lowest BCUT2D eigenvalue weighted by Gasteiger charge is -2.35. The SMILES string of the molecule is O=C(O)C[C@@](NC(=O)c1ccc(F)c(C(F)(F)F)c1)(c1ccc(F)cc1)c1cc(F)cc(OC(F)(F)C(F)F)c1. The van der Waals surface area contributed by atoms with Crippen molar-refractivity contribution in [3.8, 4) is 5.75 Å². The molecule has 3 aromatic rings. The second-order valence-corrected chi connectivity index (χ2v) is 8.27. The molecule has 0 aliphatic heterocycles. The number of nitrogens with one attached hydrogen (secondary N) is 1. The van der Waals surface area contributed by atoms with Crippen molar-refractivity contribution in [1.29, 1.82) is 0 Å². The number of halogens is 10. The van der Waals surface area contributed by atoms with E-state index >= 15 is 0 Å². The van der Waals surface area contributed by atoms with Crippen LogP contribution in [0.1, 0.15) is 33.5 Å². The third kappa shape index (κ3) is 6.63. The maximum atomic E-state index is 14.5. The van der Waals surface area contributed by atoms with E-state index in [1.54, 1.807) is 0 Å². The number of benzene rings is 3. The van der Waals surface area contributed by atoms with Gasteiger partial charge in [-0.2, -0.15) is 30.7 Å². The molecule has 1 amide bonds. The van der Waals surface area contributed by atoms with Crippen LogP contribution in [-0.2, 0) is 16.5 Å². The number of carbonyl (C=O) groups excluding carboxylic acids is 1. The standard InChI is InChI=1S/C25H15F10NO4/c26-15-4-2-13(3-5-15)23(11-20(37)38,14-8-16(27)10-17(9-14)40-25(34,35)22(29)30)36-21(39)12-1-6-19(28)18(7-12)24(31,32)33/h1-10,22H,11H2,(H,36,39)(H,37,38)/t23-/m1/s1. The second kappa shape index (κ2) is 11.1. The molecule has 0 fully saturated rings. The van der Waals surface area contributed by atoms with Crippen LogP contribution in [0.3, 0.4) is 0 Å². The molecule has 3 aromatic carbocycles. The highest BCUT2D eigenvalue weighted by Gasteiger charge is 2.45. The number of carbonyl (C=O) groups is 2. The Hall–Kier alpha value is -4.30. The molecule has 214 valence electrons. The Morgan fingerprint density at radius 2 is 1.45 bits per heavy atom. The van der Waals surface area contributed by atoms with Crippen LogP contribution in [0.5, 0.6) is 5.75 Å². The van der Waals surface area contributed by atoms with Gasteiger partial charge in [0.15, 0.2) is 0 Å². The van der Waals surface area contributed by atoms with Gasteiger partial charge >= 0.3 is 24.7 Å². The summed E-state index contributed by atoms with van der Waals surface area (Å²) in [6, 6.07) is 5.56. The Labute approximate surface area is 218 Å². The summed E-state index contributed by atoms with van der Waals surface area (Å²) in [6.45, 7) is 0.